The fraction of sp³-hybridized carbons (Fsp3) is 0.286. The Morgan fingerprint density at radius 3 is 1.39 bits per heavy atom. The van der Waals surface area contributed by atoms with Crippen molar-refractivity contribution in [2.75, 3.05) is 28.4 Å². The van der Waals surface area contributed by atoms with Gasteiger partial charge in [0.2, 0.25) is 0 Å². The number of ether oxygens (including phenoxy) is 4. The maximum Gasteiger partial charge on any atom is 0.134 e. The van der Waals surface area contributed by atoms with E-state index in [1.54, 1.807) is 28.4 Å². The molecule has 0 N–H and O–H groups in total. The lowest BCUT2D eigenvalue weighted by Gasteiger charge is -2.13. The summed E-state index contributed by atoms with van der Waals surface area (Å²) in [6.07, 6.45) is 0. The Hall–Kier alpha value is -2.10. The van der Waals surface area contributed by atoms with Crippen LogP contribution in [0.25, 0.3) is 10.8 Å². The van der Waals surface area contributed by atoms with Crippen LogP contribution in [0.4, 0.5) is 0 Å². The minimum Gasteiger partial charge on any atom is -0.497 e. The lowest BCUT2D eigenvalue weighted by molar-refractivity contribution is 0.388. The number of methoxy groups -OCH3 is 4. The topological polar surface area (TPSA) is 36.9 Å². The van der Waals surface area contributed by atoms with Crippen LogP contribution in [0.15, 0.2) is 24.3 Å². The standard InChI is InChI=1S/C14H16O4/c1-15-10-5-9-6-11(16-2)8-13(18-4)14(9)12(7-10)17-3/h5-8H,1-4H3. The van der Waals surface area contributed by atoms with Crippen molar-refractivity contribution in [2.45, 2.75) is 0 Å². The summed E-state index contributed by atoms with van der Waals surface area (Å²) in [5.41, 5.74) is 0. The van der Waals surface area contributed by atoms with E-state index in [0.29, 0.717) is 11.5 Å². The van der Waals surface area contributed by atoms with Crippen LogP contribution >= 0.6 is 0 Å². The van der Waals surface area contributed by atoms with Crippen LogP contribution in [-0.4, -0.2) is 28.4 Å². The summed E-state index contributed by atoms with van der Waals surface area (Å²) >= 11 is 0. The van der Waals surface area contributed by atoms with Crippen LogP contribution in [0.5, 0.6) is 23.0 Å². The van der Waals surface area contributed by atoms with Crippen molar-refractivity contribution in [2.24, 2.45) is 0 Å². The minimum atomic E-state index is 0.712. The highest BCUT2D eigenvalue weighted by molar-refractivity contribution is 5.96. The highest BCUT2D eigenvalue weighted by atomic mass is 16.5. The van der Waals surface area contributed by atoms with Crippen molar-refractivity contribution in [3.8, 4) is 23.0 Å². The summed E-state index contributed by atoms with van der Waals surface area (Å²) in [6, 6.07) is 7.50. The molecule has 0 radical (unpaired) electrons. The van der Waals surface area contributed by atoms with Crippen LogP contribution in [0.3, 0.4) is 0 Å². The first-order chi connectivity index (χ1) is 8.73. The molecule has 0 saturated carbocycles. The van der Waals surface area contributed by atoms with E-state index in [1.165, 1.54) is 0 Å². The van der Waals surface area contributed by atoms with Crippen LogP contribution < -0.4 is 18.9 Å². The van der Waals surface area contributed by atoms with E-state index in [9.17, 15) is 0 Å². The van der Waals surface area contributed by atoms with Crippen molar-refractivity contribution in [1.82, 2.24) is 0 Å². The van der Waals surface area contributed by atoms with Gasteiger partial charge < -0.3 is 18.9 Å². The Balaban J connectivity index is 2.80. The fourth-order valence-electron chi connectivity index (χ4n) is 1.94. The predicted molar refractivity (Wildman–Crippen MR) is 70.2 cm³/mol. The van der Waals surface area contributed by atoms with Gasteiger partial charge in [0, 0.05) is 12.1 Å². The highest BCUT2D eigenvalue weighted by Gasteiger charge is 2.12. The largest absolute Gasteiger partial charge is 0.497 e. The van der Waals surface area contributed by atoms with Crippen molar-refractivity contribution in [3.05, 3.63) is 24.3 Å². The molecule has 0 aliphatic heterocycles. The Morgan fingerprint density at radius 2 is 1.06 bits per heavy atom. The van der Waals surface area contributed by atoms with Gasteiger partial charge in [-0.05, 0) is 17.5 Å². The molecule has 4 heteroatoms. The average Bonchev–Trinajstić information content (AvgIpc) is 2.44. The second kappa shape index (κ2) is 5.04. The normalized spacial score (nSPS) is 10.2. The second-order valence-corrected chi connectivity index (χ2v) is 3.76. The van der Waals surface area contributed by atoms with Crippen molar-refractivity contribution < 1.29 is 18.9 Å². The van der Waals surface area contributed by atoms with E-state index in [2.05, 4.69) is 0 Å². The smallest absolute Gasteiger partial charge is 0.134 e. The molecule has 0 unspecified atom stereocenters. The molecule has 2 aromatic rings. The van der Waals surface area contributed by atoms with E-state index in [-0.39, 0.29) is 0 Å². The van der Waals surface area contributed by atoms with Gasteiger partial charge >= 0.3 is 0 Å². The molecule has 2 rings (SSSR count). The van der Waals surface area contributed by atoms with Gasteiger partial charge in [0.1, 0.15) is 23.0 Å². The summed E-state index contributed by atoms with van der Waals surface area (Å²) < 4.78 is 21.3. The molecule has 2 aromatic carbocycles. The molecular weight excluding hydrogens is 232 g/mol. The maximum atomic E-state index is 5.39. The Labute approximate surface area is 106 Å². The van der Waals surface area contributed by atoms with Gasteiger partial charge in [-0.15, -0.1) is 0 Å². The summed E-state index contributed by atoms with van der Waals surface area (Å²) in [7, 11) is 6.49. The van der Waals surface area contributed by atoms with Gasteiger partial charge in [0.15, 0.2) is 0 Å². The number of fused-ring (bicyclic) bond motifs is 1. The molecule has 0 aliphatic carbocycles. The van der Waals surface area contributed by atoms with Crippen LogP contribution in [0.1, 0.15) is 0 Å². The number of hydrogen-bond acceptors (Lipinski definition) is 4. The van der Waals surface area contributed by atoms with Gasteiger partial charge in [-0.1, -0.05) is 0 Å². The fourth-order valence-corrected chi connectivity index (χ4v) is 1.94. The highest BCUT2D eigenvalue weighted by Crippen LogP contribution is 2.39. The van der Waals surface area contributed by atoms with Crippen molar-refractivity contribution >= 4 is 10.8 Å². The van der Waals surface area contributed by atoms with Crippen molar-refractivity contribution in [3.63, 3.8) is 0 Å². The van der Waals surface area contributed by atoms with Gasteiger partial charge in [-0.3, -0.25) is 0 Å². The van der Waals surface area contributed by atoms with Crippen molar-refractivity contribution in [1.29, 1.82) is 0 Å². The summed E-state index contributed by atoms with van der Waals surface area (Å²) in [5, 5.41) is 1.85. The number of rotatable bonds is 4. The van der Waals surface area contributed by atoms with Crippen LogP contribution in [-0.2, 0) is 0 Å². The molecular formula is C14H16O4. The third-order valence-electron chi connectivity index (χ3n) is 2.83. The second-order valence-electron chi connectivity index (χ2n) is 3.76. The molecule has 0 aromatic heterocycles. The van der Waals surface area contributed by atoms with E-state index in [4.69, 9.17) is 18.9 Å². The molecule has 18 heavy (non-hydrogen) atoms. The minimum absolute atomic E-state index is 0.712. The Kier molecular flexibility index (Phi) is 3.46. The first-order valence-electron chi connectivity index (χ1n) is 5.51. The summed E-state index contributed by atoms with van der Waals surface area (Å²) in [4.78, 5) is 0. The first kappa shape index (κ1) is 12.4. The zero-order valence-electron chi connectivity index (χ0n) is 10.9. The van der Waals surface area contributed by atoms with Gasteiger partial charge in [0.05, 0.1) is 33.8 Å². The number of hydrogen-bond donors (Lipinski definition) is 0. The predicted octanol–water partition coefficient (Wildman–Crippen LogP) is 2.87. The summed E-state index contributed by atoms with van der Waals surface area (Å²) in [6.45, 7) is 0. The van der Waals surface area contributed by atoms with E-state index >= 15 is 0 Å². The van der Waals surface area contributed by atoms with E-state index in [1.807, 2.05) is 24.3 Å². The quantitative estimate of drug-likeness (QED) is 0.833. The van der Waals surface area contributed by atoms with E-state index < -0.39 is 0 Å². The zero-order chi connectivity index (χ0) is 13.1. The van der Waals surface area contributed by atoms with Gasteiger partial charge in [-0.2, -0.15) is 0 Å². The third-order valence-corrected chi connectivity index (χ3v) is 2.83. The van der Waals surface area contributed by atoms with Crippen LogP contribution in [0.2, 0.25) is 0 Å². The average molecular weight is 248 g/mol. The lowest BCUT2D eigenvalue weighted by Crippen LogP contribution is -1.93. The molecule has 96 valence electrons. The van der Waals surface area contributed by atoms with Gasteiger partial charge in [-0.25, -0.2) is 0 Å². The molecule has 0 amide bonds. The number of benzene rings is 2. The monoisotopic (exact) mass is 248 g/mol. The summed E-state index contributed by atoms with van der Waals surface area (Å²) in [5.74, 6) is 2.89. The molecule has 0 atom stereocenters. The molecule has 0 aliphatic rings. The molecule has 0 spiro atoms. The molecule has 0 heterocycles. The molecule has 4 nitrogen and oxygen atoms in total. The lowest BCUT2D eigenvalue weighted by atomic mass is 10.1. The first-order valence-corrected chi connectivity index (χ1v) is 5.51. The third kappa shape index (κ3) is 2.01. The maximum absolute atomic E-state index is 5.39. The zero-order valence-corrected chi connectivity index (χ0v) is 10.9. The molecule has 0 fully saturated rings. The molecule has 0 bridgehead atoms. The van der Waals surface area contributed by atoms with Gasteiger partial charge in [0.25, 0.3) is 0 Å². The van der Waals surface area contributed by atoms with E-state index in [0.717, 1.165) is 22.3 Å². The Bertz CT molecular complexity index is 516. The SMILES string of the molecule is COc1cc(OC)c2c(OC)cc(OC)cc2c1. The van der Waals surface area contributed by atoms with Crippen LogP contribution in [0, 0.1) is 0 Å². The molecule has 0 saturated heterocycles. The Morgan fingerprint density at radius 1 is 0.611 bits per heavy atom.